The number of para-hydroxylation sites is 1. The molecule has 3 nitrogen and oxygen atoms in total. The maximum atomic E-state index is 12.1. The second kappa shape index (κ2) is 5.79. The highest BCUT2D eigenvalue weighted by atomic mass is 16.1. The standard InChI is InChI=1S/C19H24N2O/c22-19(11-16-10-13-5-6-14(16)9-13)20-8-7-15-12-21-18-4-2-1-3-17(15)18/h1-4,12-14,16,21H,5-11H2,(H,20,22). The third-order valence-electron chi connectivity index (χ3n) is 5.72. The van der Waals surface area contributed by atoms with Crippen molar-refractivity contribution in [2.45, 2.75) is 38.5 Å². The van der Waals surface area contributed by atoms with Gasteiger partial charge in [-0.05, 0) is 55.1 Å². The smallest absolute Gasteiger partial charge is 0.220 e. The fraction of sp³-hybridized carbons (Fsp3) is 0.526. The lowest BCUT2D eigenvalue weighted by atomic mass is 9.86. The van der Waals surface area contributed by atoms with E-state index in [1.165, 1.54) is 42.1 Å². The first-order chi connectivity index (χ1) is 10.8. The minimum atomic E-state index is 0.248. The van der Waals surface area contributed by atoms with Crippen molar-refractivity contribution >= 4 is 16.8 Å². The van der Waals surface area contributed by atoms with E-state index in [-0.39, 0.29) is 5.91 Å². The number of amides is 1. The van der Waals surface area contributed by atoms with Crippen LogP contribution in [0.3, 0.4) is 0 Å². The van der Waals surface area contributed by atoms with Gasteiger partial charge in [-0.2, -0.15) is 0 Å². The third-order valence-corrected chi connectivity index (χ3v) is 5.72. The SMILES string of the molecule is O=C(CC1CC2CCC1C2)NCCc1c[nH]c2ccccc12. The molecule has 22 heavy (non-hydrogen) atoms. The molecule has 1 aromatic heterocycles. The van der Waals surface area contributed by atoms with Crippen LogP contribution in [0.25, 0.3) is 10.9 Å². The summed E-state index contributed by atoms with van der Waals surface area (Å²) in [6, 6.07) is 8.33. The summed E-state index contributed by atoms with van der Waals surface area (Å²) in [7, 11) is 0. The van der Waals surface area contributed by atoms with Crippen LogP contribution in [0.1, 0.15) is 37.7 Å². The molecule has 2 saturated carbocycles. The molecule has 3 atom stereocenters. The number of hydrogen-bond donors (Lipinski definition) is 2. The molecule has 0 aliphatic heterocycles. The number of fused-ring (bicyclic) bond motifs is 3. The number of hydrogen-bond acceptors (Lipinski definition) is 1. The Balaban J connectivity index is 1.27. The molecule has 0 radical (unpaired) electrons. The summed E-state index contributed by atoms with van der Waals surface area (Å²) in [6.45, 7) is 0.738. The van der Waals surface area contributed by atoms with E-state index in [2.05, 4.69) is 34.7 Å². The van der Waals surface area contributed by atoms with Crippen LogP contribution in [0.4, 0.5) is 0 Å². The topological polar surface area (TPSA) is 44.9 Å². The fourth-order valence-electron chi connectivity index (χ4n) is 4.61. The molecule has 2 fully saturated rings. The number of aromatic amines is 1. The lowest BCUT2D eigenvalue weighted by Gasteiger charge is -2.20. The summed E-state index contributed by atoms with van der Waals surface area (Å²) in [6.07, 6.45) is 9.14. The van der Waals surface area contributed by atoms with Crippen molar-refractivity contribution in [3.05, 3.63) is 36.0 Å². The molecular formula is C19H24N2O. The second-order valence-electron chi connectivity index (χ2n) is 7.10. The second-order valence-corrected chi connectivity index (χ2v) is 7.10. The van der Waals surface area contributed by atoms with Crippen LogP contribution in [0.5, 0.6) is 0 Å². The highest BCUT2D eigenvalue weighted by Gasteiger charge is 2.39. The first-order valence-corrected chi connectivity index (χ1v) is 8.61. The molecular weight excluding hydrogens is 272 g/mol. The average molecular weight is 296 g/mol. The van der Waals surface area contributed by atoms with Gasteiger partial charge in [0.1, 0.15) is 0 Å². The summed E-state index contributed by atoms with van der Waals surface area (Å²) in [5.74, 6) is 2.67. The molecule has 3 heteroatoms. The van der Waals surface area contributed by atoms with Crippen LogP contribution in [0.2, 0.25) is 0 Å². The zero-order valence-corrected chi connectivity index (χ0v) is 13.0. The van der Waals surface area contributed by atoms with E-state index in [1.807, 2.05) is 6.07 Å². The zero-order chi connectivity index (χ0) is 14.9. The lowest BCUT2D eigenvalue weighted by Crippen LogP contribution is -2.28. The van der Waals surface area contributed by atoms with Gasteiger partial charge in [0.25, 0.3) is 0 Å². The minimum absolute atomic E-state index is 0.248. The Morgan fingerprint density at radius 2 is 2.14 bits per heavy atom. The Kier molecular flexibility index (Phi) is 3.65. The van der Waals surface area contributed by atoms with Crippen molar-refractivity contribution in [3.63, 3.8) is 0 Å². The first-order valence-electron chi connectivity index (χ1n) is 8.61. The van der Waals surface area contributed by atoms with Gasteiger partial charge in [-0.3, -0.25) is 4.79 Å². The predicted octanol–water partition coefficient (Wildman–Crippen LogP) is 3.65. The first kappa shape index (κ1) is 13.9. The number of carbonyl (C=O) groups excluding carboxylic acids is 1. The van der Waals surface area contributed by atoms with Gasteiger partial charge < -0.3 is 10.3 Å². The Hall–Kier alpha value is -1.77. The number of rotatable bonds is 5. The molecule has 2 aliphatic rings. The number of H-pyrrole nitrogens is 1. The van der Waals surface area contributed by atoms with Crippen LogP contribution in [-0.2, 0) is 11.2 Å². The Bertz CT molecular complexity index is 675. The maximum Gasteiger partial charge on any atom is 0.220 e. The van der Waals surface area contributed by atoms with Crippen molar-refractivity contribution in [1.82, 2.24) is 10.3 Å². The van der Waals surface area contributed by atoms with Crippen molar-refractivity contribution in [2.75, 3.05) is 6.54 Å². The van der Waals surface area contributed by atoms with E-state index in [0.717, 1.165) is 31.2 Å². The molecule has 3 unspecified atom stereocenters. The Labute approximate surface area is 131 Å². The van der Waals surface area contributed by atoms with Crippen molar-refractivity contribution in [1.29, 1.82) is 0 Å². The molecule has 2 aliphatic carbocycles. The number of aromatic nitrogens is 1. The highest BCUT2D eigenvalue weighted by molar-refractivity contribution is 5.83. The summed E-state index contributed by atoms with van der Waals surface area (Å²) < 4.78 is 0. The summed E-state index contributed by atoms with van der Waals surface area (Å²) in [5.41, 5.74) is 2.46. The molecule has 0 spiro atoms. The lowest BCUT2D eigenvalue weighted by molar-refractivity contribution is -0.122. The van der Waals surface area contributed by atoms with Gasteiger partial charge in [-0.1, -0.05) is 24.6 Å². The van der Waals surface area contributed by atoms with Gasteiger partial charge in [0.15, 0.2) is 0 Å². The molecule has 116 valence electrons. The monoisotopic (exact) mass is 296 g/mol. The van der Waals surface area contributed by atoms with E-state index in [4.69, 9.17) is 0 Å². The quantitative estimate of drug-likeness (QED) is 0.869. The number of carbonyl (C=O) groups is 1. The maximum absolute atomic E-state index is 12.1. The molecule has 1 amide bonds. The van der Waals surface area contributed by atoms with E-state index < -0.39 is 0 Å². The van der Waals surface area contributed by atoms with Crippen molar-refractivity contribution in [2.24, 2.45) is 17.8 Å². The highest BCUT2D eigenvalue weighted by Crippen LogP contribution is 2.49. The van der Waals surface area contributed by atoms with Crippen LogP contribution in [-0.4, -0.2) is 17.4 Å². The van der Waals surface area contributed by atoms with E-state index in [1.54, 1.807) is 0 Å². The van der Waals surface area contributed by atoms with Gasteiger partial charge in [-0.25, -0.2) is 0 Å². The van der Waals surface area contributed by atoms with Crippen molar-refractivity contribution in [3.8, 4) is 0 Å². The number of benzene rings is 1. The minimum Gasteiger partial charge on any atom is -0.361 e. The molecule has 4 rings (SSSR count). The van der Waals surface area contributed by atoms with Gasteiger partial charge in [-0.15, -0.1) is 0 Å². The molecule has 1 aromatic carbocycles. The molecule has 2 bridgehead atoms. The van der Waals surface area contributed by atoms with Crippen LogP contribution in [0, 0.1) is 17.8 Å². The van der Waals surface area contributed by atoms with E-state index in [9.17, 15) is 4.79 Å². The van der Waals surface area contributed by atoms with E-state index >= 15 is 0 Å². The predicted molar refractivity (Wildman–Crippen MR) is 88.6 cm³/mol. The molecule has 2 aromatic rings. The normalized spacial score (nSPS) is 26.6. The molecule has 1 heterocycles. The molecule has 2 N–H and O–H groups in total. The summed E-state index contributed by atoms with van der Waals surface area (Å²) >= 11 is 0. The fourth-order valence-corrected chi connectivity index (χ4v) is 4.61. The van der Waals surface area contributed by atoms with Crippen LogP contribution in [0.15, 0.2) is 30.5 Å². The summed E-state index contributed by atoms with van der Waals surface area (Å²) in [5, 5.41) is 4.39. The van der Waals surface area contributed by atoms with E-state index in [0.29, 0.717) is 5.92 Å². The van der Waals surface area contributed by atoms with Crippen LogP contribution < -0.4 is 5.32 Å². The average Bonchev–Trinajstić information content (AvgIpc) is 3.23. The zero-order valence-electron chi connectivity index (χ0n) is 13.0. The van der Waals surface area contributed by atoms with Crippen molar-refractivity contribution < 1.29 is 4.79 Å². The largest absolute Gasteiger partial charge is 0.361 e. The van der Waals surface area contributed by atoms with Gasteiger partial charge in [0.2, 0.25) is 5.91 Å². The van der Waals surface area contributed by atoms with Gasteiger partial charge in [0.05, 0.1) is 0 Å². The van der Waals surface area contributed by atoms with Gasteiger partial charge >= 0.3 is 0 Å². The van der Waals surface area contributed by atoms with Gasteiger partial charge in [0, 0.05) is 30.1 Å². The number of nitrogens with one attached hydrogen (secondary N) is 2. The Morgan fingerprint density at radius 1 is 1.23 bits per heavy atom. The van der Waals surface area contributed by atoms with Crippen LogP contribution >= 0.6 is 0 Å². The summed E-state index contributed by atoms with van der Waals surface area (Å²) in [4.78, 5) is 15.4. The molecule has 0 saturated heterocycles. The Morgan fingerprint density at radius 3 is 2.95 bits per heavy atom. The third kappa shape index (κ3) is 2.65.